The number of pyridine rings is 1. The smallest absolute Gasteiger partial charge is 0.449 e. The third-order valence-corrected chi connectivity index (χ3v) is 1.26. The molecular formula is C7H6N2O6. The Balaban J connectivity index is 2.94. The van der Waals surface area contributed by atoms with Crippen LogP contribution < -0.4 is 15.2 Å². The zero-order valence-electron chi connectivity index (χ0n) is 7.21. The van der Waals surface area contributed by atoms with E-state index in [1.165, 1.54) is 0 Å². The van der Waals surface area contributed by atoms with Gasteiger partial charge in [-0.05, 0) is 0 Å². The summed E-state index contributed by atoms with van der Waals surface area (Å²) in [5.41, 5.74) is 5.27. The molecule has 0 spiro atoms. The lowest BCUT2D eigenvalue weighted by Crippen LogP contribution is -2.08. The number of hydrogen-bond donors (Lipinski definition) is 3. The molecule has 8 heteroatoms. The molecule has 0 aliphatic heterocycles. The highest BCUT2D eigenvalue weighted by Gasteiger charge is 2.10. The minimum absolute atomic E-state index is 0.0462. The Morgan fingerprint density at radius 1 is 1.27 bits per heavy atom. The maximum atomic E-state index is 10.2. The average molecular weight is 214 g/mol. The van der Waals surface area contributed by atoms with Crippen LogP contribution in [0.1, 0.15) is 0 Å². The van der Waals surface area contributed by atoms with Gasteiger partial charge in [-0.1, -0.05) is 0 Å². The van der Waals surface area contributed by atoms with E-state index in [0.717, 1.165) is 12.3 Å². The van der Waals surface area contributed by atoms with Crippen LogP contribution in [0.15, 0.2) is 12.3 Å². The lowest BCUT2D eigenvalue weighted by Gasteiger charge is -2.04. The summed E-state index contributed by atoms with van der Waals surface area (Å²) in [6.07, 6.45) is -2.13. The quantitative estimate of drug-likeness (QED) is 0.615. The van der Waals surface area contributed by atoms with Crippen molar-refractivity contribution in [3.05, 3.63) is 12.3 Å². The summed E-state index contributed by atoms with van der Waals surface area (Å²) in [6.45, 7) is 0. The minimum atomic E-state index is -1.58. The van der Waals surface area contributed by atoms with Crippen LogP contribution in [0.4, 0.5) is 15.3 Å². The van der Waals surface area contributed by atoms with Crippen LogP contribution in [-0.4, -0.2) is 27.5 Å². The molecule has 1 rings (SSSR count). The van der Waals surface area contributed by atoms with Crippen molar-refractivity contribution in [2.24, 2.45) is 0 Å². The third-order valence-electron chi connectivity index (χ3n) is 1.26. The number of carbonyl (C=O) groups is 2. The zero-order chi connectivity index (χ0) is 11.4. The first-order valence-corrected chi connectivity index (χ1v) is 3.56. The number of nitrogens with zero attached hydrogens (tertiary/aromatic N) is 1. The molecule has 0 bridgehead atoms. The Morgan fingerprint density at radius 3 is 2.40 bits per heavy atom. The molecule has 0 aliphatic rings. The third kappa shape index (κ3) is 3.03. The van der Waals surface area contributed by atoms with Gasteiger partial charge >= 0.3 is 12.3 Å². The Labute approximate surface area is 82.9 Å². The highest BCUT2D eigenvalue weighted by molar-refractivity contribution is 5.67. The van der Waals surface area contributed by atoms with Gasteiger partial charge in [-0.2, -0.15) is 0 Å². The minimum Gasteiger partial charge on any atom is -0.449 e. The van der Waals surface area contributed by atoms with Crippen molar-refractivity contribution in [1.29, 1.82) is 0 Å². The molecule has 80 valence electrons. The number of ether oxygens (including phenoxy) is 2. The van der Waals surface area contributed by atoms with E-state index in [2.05, 4.69) is 14.5 Å². The van der Waals surface area contributed by atoms with Crippen molar-refractivity contribution in [3.63, 3.8) is 0 Å². The Morgan fingerprint density at radius 2 is 1.87 bits per heavy atom. The maximum absolute atomic E-state index is 10.2. The fourth-order valence-electron chi connectivity index (χ4n) is 0.757. The molecule has 0 fully saturated rings. The number of hydrogen-bond acceptors (Lipinski definition) is 6. The maximum Gasteiger partial charge on any atom is 0.512 e. The molecule has 8 nitrogen and oxygen atoms in total. The van der Waals surface area contributed by atoms with Crippen LogP contribution >= 0.6 is 0 Å². The molecule has 0 saturated carbocycles. The molecule has 1 aromatic heterocycles. The van der Waals surface area contributed by atoms with E-state index >= 15 is 0 Å². The van der Waals surface area contributed by atoms with Crippen LogP contribution in [0.2, 0.25) is 0 Å². The van der Waals surface area contributed by atoms with Crippen molar-refractivity contribution in [2.45, 2.75) is 0 Å². The topological polar surface area (TPSA) is 132 Å². The van der Waals surface area contributed by atoms with Crippen molar-refractivity contribution < 1.29 is 29.3 Å². The lowest BCUT2D eigenvalue weighted by atomic mass is 10.4. The number of aromatic nitrogens is 1. The summed E-state index contributed by atoms with van der Waals surface area (Å²) in [4.78, 5) is 23.8. The predicted molar refractivity (Wildman–Crippen MR) is 46.0 cm³/mol. The number of nitrogen functional groups attached to an aromatic ring is 1. The van der Waals surface area contributed by atoms with Crippen molar-refractivity contribution in [1.82, 2.24) is 4.98 Å². The van der Waals surface area contributed by atoms with Gasteiger partial charge in [-0.25, -0.2) is 14.6 Å². The Hall–Kier alpha value is -2.51. The van der Waals surface area contributed by atoms with Gasteiger partial charge in [0.15, 0.2) is 5.75 Å². The van der Waals surface area contributed by atoms with E-state index in [0.29, 0.717) is 0 Å². The highest BCUT2D eigenvalue weighted by Crippen LogP contribution is 2.24. The van der Waals surface area contributed by atoms with Gasteiger partial charge in [0.05, 0.1) is 11.9 Å². The standard InChI is InChI=1S/C7H6N2O6/c8-3-2-9-5(15-7(12)13)1-4(3)14-6(10)11/h1-2H,8H2,(H,10,11)(H,12,13). The summed E-state index contributed by atoms with van der Waals surface area (Å²) >= 11 is 0. The molecule has 0 saturated heterocycles. The van der Waals surface area contributed by atoms with Crippen LogP contribution in [-0.2, 0) is 0 Å². The molecule has 0 radical (unpaired) electrons. The largest absolute Gasteiger partial charge is 0.512 e. The molecule has 0 aliphatic carbocycles. The van der Waals surface area contributed by atoms with E-state index < -0.39 is 12.3 Å². The highest BCUT2D eigenvalue weighted by atomic mass is 16.7. The second-order valence-electron chi connectivity index (χ2n) is 2.30. The van der Waals surface area contributed by atoms with Gasteiger partial charge in [-0.15, -0.1) is 0 Å². The van der Waals surface area contributed by atoms with E-state index in [9.17, 15) is 9.59 Å². The number of anilines is 1. The summed E-state index contributed by atoms with van der Waals surface area (Å²) in [5, 5.41) is 16.6. The van der Waals surface area contributed by atoms with Gasteiger partial charge in [0, 0.05) is 6.07 Å². The first-order chi connectivity index (χ1) is 6.99. The van der Waals surface area contributed by atoms with Crippen LogP contribution in [0.5, 0.6) is 11.6 Å². The molecule has 0 unspecified atom stereocenters. The molecular weight excluding hydrogens is 208 g/mol. The second kappa shape index (κ2) is 4.13. The summed E-state index contributed by atoms with van der Waals surface area (Å²) in [5.74, 6) is -0.568. The SMILES string of the molecule is Nc1cnc(OC(=O)O)cc1OC(=O)O. The summed E-state index contributed by atoms with van der Waals surface area (Å²) in [6, 6.07) is 0.956. The van der Waals surface area contributed by atoms with E-state index in [-0.39, 0.29) is 17.3 Å². The molecule has 0 atom stereocenters. The molecule has 0 aromatic carbocycles. The van der Waals surface area contributed by atoms with Crippen molar-refractivity contribution in [3.8, 4) is 11.6 Å². The molecule has 1 heterocycles. The molecule has 1 aromatic rings. The van der Waals surface area contributed by atoms with Crippen molar-refractivity contribution >= 4 is 18.0 Å². The van der Waals surface area contributed by atoms with Gasteiger partial charge in [0.25, 0.3) is 0 Å². The van der Waals surface area contributed by atoms with Crippen molar-refractivity contribution in [2.75, 3.05) is 5.73 Å². The Bertz CT molecular complexity index is 404. The van der Waals surface area contributed by atoms with Crippen LogP contribution in [0.3, 0.4) is 0 Å². The van der Waals surface area contributed by atoms with Gasteiger partial charge < -0.3 is 25.4 Å². The summed E-state index contributed by atoms with van der Waals surface area (Å²) < 4.78 is 8.41. The Kier molecular flexibility index (Phi) is 2.91. The fourth-order valence-corrected chi connectivity index (χ4v) is 0.757. The van der Waals surface area contributed by atoms with E-state index in [1.54, 1.807) is 0 Å². The molecule has 0 amide bonds. The monoisotopic (exact) mass is 214 g/mol. The zero-order valence-corrected chi connectivity index (χ0v) is 7.21. The molecule has 4 N–H and O–H groups in total. The van der Waals surface area contributed by atoms with Crippen LogP contribution in [0.25, 0.3) is 0 Å². The average Bonchev–Trinajstić information content (AvgIpc) is 2.09. The van der Waals surface area contributed by atoms with Gasteiger partial charge in [0.2, 0.25) is 5.88 Å². The van der Waals surface area contributed by atoms with Gasteiger partial charge in [0.1, 0.15) is 0 Å². The van der Waals surface area contributed by atoms with E-state index in [4.69, 9.17) is 15.9 Å². The fraction of sp³-hybridized carbons (Fsp3) is 0. The number of carboxylic acid groups (broad SMARTS) is 2. The number of rotatable bonds is 2. The number of nitrogens with two attached hydrogens (primary N) is 1. The van der Waals surface area contributed by atoms with Crippen LogP contribution in [0, 0.1) is 0 Å². The van der Waals surface area contributed by atoms with E-state index in [1.807, 2.05) is 0 Å². The summed E-state index contributed by atoms with van der Waals surface area (Å²) in [7, 11) is 0. The lowest BCUT2D eigenvalue weighted by molar-refractivity contribution is 0.141. The van der Waals surface area contributed by atoms with Gasteiger partial charge in [-0.3, -0.25) is 0 Å². The molecule has 15 heavy (non-hydrogen) atoms. The predicted octanol–water partition coefficient (Wildman–Crippen LogP) is 0.777. The first-order valence-electron chi connectivity index (χ1n) is 3.56. The second-order valence-corrected chi connectivity index (χ2v) is 2.30. The first kappa shape index (κ1) is 10.6. The normalized spacial score (nSPS) is 9.33.